The van der Waals surface area contributed by atoms with Crippen LogP contribution in [0.25, 0.3) is 0 Å². The molecule has 0 radical (unpaired) electrons. The van der Waals surface area contributed by atoms with Crippen molar-refractivity contribution in [2.75, 3.05) is 51.3 Å². The Morgan fingerprint density at radius 1 is 1.00 bits per heavy atom. The van der Waals surface area contributed by atoms with Crippen molar-refractivity contribution >= 4 is 41.2 Å². The minimum absolute atomic E-state index is 0.00873. The van der Waals surface area contributed by atoms with E-state index in [0.29, 0.717) is 44.8 Å². The van der Waals surface area contributed by atoms with E-state index < -0.39 is 11.9 Å². The number of nitrogens with zero attached hydrogens (tertiary/aromatic N) is 3. The molecule has 0 spiro atoms. The van der Waals surface area contributed by atoms with Crippen molar-refractivity contribution in [3.63, 3.8) is 0 Å². The van der Waals surface area contributed by atoms with Gasteiger partial charge < -0.3 is 20.1 Å². The number of para-hydroxylation sites is 1. The lowest BCUT2D eigenvalue weighted by Crippen LogP contribution is -2.45. The molecule has 4 rings (SSSR count). The number of benzene rings is 2. The maximum absolute atomic E-state index is 13.3. The first kappa shape index (κ1) is 29.1. The van der Waals surface area contributed by atoms with Crippen molar-refractivity contribution in [2.24, 2.45) is 4.99 Å². The molecule has 0 saturated carbocycles. The lowest BCUT2D eigenvalue weighted by molar-refractivity contribution is -0.137. The lowest BCUT2D eigenvalue weighted by atomic mass is 10.0. The summed E-state index contributed by atoms with van der Waals surface area (Å²) in [7, 11) is 0. The topological polar surface area (TPSA) is 129 Å². The van der Waals surface area contributed by atoms with Crippen molar-refractivity contribution in [3.05, 3.63) is 59.7 Å². The fourth-order valence-corrected chi connectivity index (χ4v) is 4.79. The van der Waals surface area contributed by atoms with Crippen LogP contribution >= 0.6 is 0 Å². The number of carbonyl (C=O) groups is 4. The molecule has 0 aromatic heterocycles. The Bertz CT molecular complexity index is 1220. The molecule has 212 valence electrons. The number of Topliss-reactive ketones (excluding diaryl/α,β-unsaturated/α-hetero) is 1. The third kappa shape index (κ3) is 8.56. The van der Waals surface area contributed by atoms with E-state index in [-0.39, 0.29) is 43.4 Å². The number of ketones is 1. The van der Waals surface area contributed by atoms with Gasteiger partial charge in [0.25, 0.3) is 0 Å². The molecule has 2 heterocycles. The predicted octanol–water partition coefficient (Wildman–Crippen LogP) is 3.04. The Labute approximate surface area is 234 Å². The molecule has 2 aromatic carbocycles. The highest BCUT2D eigenvalue weighted by Crippen LogP contribution is 2.32. The molecule has 40 heavy (non-hydrogen) atoms. The van der Waals surface area contributed by atoms with Crippen LogP contribution < -0.4 is 5.32 Å². The largest absolute Gasteiger partial charge is 0.481 e. The Balaban J connectivity index is 1.32. The summed E-state index contributed by atoms with van der Waals surface area (Å²) in [6.45, 7) is 3.97. The van der Waals surface area contributed by atoms with E-state index in [1.807, 2.05) is 24.3 Å². The Morgan fingerprint density at radius 3 is 2.48 bits per heavy atom. The fraction of sp³-hybridized carbons (Fsp3) is 0.433. The summed E-state index contributed by atoms with van der Waals surface area (Å²) in [5.41, 5.74) is 3.07. The average molecular weight is 549 g/mol. The summed E-state index contributed by atoms with van der Waals surface area (Å²) in [5.74, 6) is -1.72. The summed E-state index contributed by atoms with van der Waals surface area (Å²) in [6.07, 6.45) is 2.98. The number of anilines is 1. The number of carboxylic acids is 1. The van der Waals surface area contributed by atoms with Gasteiger partial charge in [-0.25, -0.2) is 0 Å². The van der Waals surface area contributed by atoms with Crippen molar-refractivity contribution in [1.29, 1.82) is 0 Å². The van der Waals surface area contributed by atoms with Gasteiger partial charge in [-0.3, -0.25) is 29.1 Å². The summed E-state index contributed by atoms with van der Waals surface area (Å²) in [5, 5.41) is 11.7. The van der Waals surface area contributed by atoms with Crippen LogP contribution in [0.3, 0.4) is 0 Å². The average Bonchev–Trinajstić information content (AvgIpc) is 3.39. The quantitative estimate of drug-likeness (QED) is 0.347. The number of ether oxygens (including phenoxy) is 1. The first-order chi connectivity index (χ1) is 19.4. The van der Waals surface area contributed by atoms with Crippen molar-refractivity contribution < 1.29 is 29.0 Å². The zero-order valence-corrected chi connectivity index (χ0v) is 22.6. The number of aliphatic carboxylic acids is 1. The van der Waals surface area contributed by atoms with Gasteiger partial charge in [-0.2, -0.15) is 0 Å². The third-order valence-electron chi connectivity index (χ3n) is 7.10. The zero-order valence-electron chi connectivity index (χ0n) is 22.6. The van der Waals surface area contributed by atoms with Gasteiger partial charge in [-0.1, -0.05) is 30.3 Å². The van der Waals surface area contributed by atoms with Crippen molar-refractivity contribution in [2.45, 2.75) is 38.0 Å². The SMILES string of the molecule is O=C(O)CCCCC(=O)CN(CCN1CCOCC1)C(=O)Cc1ccc(NC(=O)C2C=Nc3ccccc32)cc1. The predicted molar refractivity (Wildman–Crippen MR) is 151 cm³/mol. The van der Waals surface area contributed by atoms with Crippen LogP contribution in [0.2, 0.25) is 0 Å². The van der Waals surface area contributed by atoms with Gasteiger partial charge >= 0.3 is 5.97 Å². The number of carbonyl (C=O) groups excluding carboxylic acids is 3. The van der Waals surface area contributed by atoms with E-state index in [0.717, 1.165) is 29.9 Å². The molecule has 1 atom stereocenters. The number of nitrogens with one attached hydrogen (secondary N) is 1. The van der Waals surface area contributed by atoms with Gasteiger partial charge in [0.1, 0.15) is 5.92 Å². The van der Waals surface area contributed by atoms with Crippen LogP contribution in [0.1, 0.15) is 42.7 Å². The molecule has 2 aromatic rings. The van der Waals surface area contributed by atoms with Crippen LogP contribution in [0.15, 0.2) is 53.5 Å². The molecule has 1 unspecified atom stereocenters. The van der Waals surface area contributed by atoms with Crippen LogP contribution in [-0.2, 0) is 30.3 Å². The lowest BCUT2D eigenvalue weighted by Gasteiger charge is -2.30. The maximum atomic E-state index is 13.3. The second kappa shape index (κ2) is 14.5. The van der Waals surface area contributed by atoms with Crippen LogP contribution in [0, 0.1) is 0 Å². The monoisotopic (exact) mass is 548 g/mol. The number of unbranched alkanes of at least 4 members (excludes halogenated alkanes) is 1. The van der Waals surface area contributed by atoms with Crippen molar-refractivity contribution in [1.82, 2.24) is 9.80 Å². The number of rotatable bonds is 14. The number of aliphatic imine (C=N–C) groups is 1. The molecule has 2 aliphatic heterocycles. The maximum Gasteiger partial charge on any atom is 0.303 e. The van der Waals surface area contributed by atoms with E-state index in [9.17, 15) is 19.2 Å². The van der Waals surface area contributed by atoms with E-state index in [2.05, 4.69) is 15.2 Å². The molecule has 2 aliphatic rings. The second-order valence-corrected chi connectivity index (χ2v) is 10.1. The van der Waals surface area contributed by atoms with Gasteiger partial charge in [0.15, 0.2) is 5.78 Å². The number of hydrogen-bond donors (Lipinski definition) is 2. The zero-order chi connectivity index (χ0) is 28.3. The first-order valence-corrected chi connectivity index (χ1v) is 13.7. The molecule has 0 aliphatic carbocycles. The molecular weight excluding hydrogens is 512 g/mol. The number of fused-ring (bicyclic) bond motifs is 1. The number of carboxylic acid groups (broad SMARTS) is 1. The smallest absolute Gasteiger partial charge is 0.303 e. The molecule has 0 bridgehead atoms. The molecule has 10 heteroatoms. The van der Waals surface area contributed by atoms with Gasteiger partial charge in [0.2, 0.25) is 11.8 Å². The summed E-state index contributed by atoms with van der Waals surface area (Å²) >= 11 is 0. The molecule has 1 saturated heterocycles. The summed E-state index contributed by atoms with van der Waals surface area (Å²) < 4.78 is 5.40. The number of amides is 2. The van der Waals surface area contributed by atoms with Crippen LogP contribution in [0.5, 0.6) is 0 Å². The fourth-order valence-electron chi connectivity index (χ4n) is 4.79. The molecule has 2 N–H and O–H groups in total. The minimum atomic E-state index is -0.877. The summed E-state index contributed by atoms with van der Waals surface area (Å²) in [6, 6.07) is 14.7. The van der Waals surface area contributed by atoms with E-state index in [1.165, 1.54) is 0 Å². The van der Waals surface area contributed by atoms with E-state index in [1.54, 1.807) is 35.4 Å². The highest BCUT2D eigenvalue weighted by molar-refractivity contribution is 6.09. The van der Waals surface area contributed by atoms with E-state index in [4.69, 9.17) is 9.84 Å². The van der Waals surface area contributed by atoms with Gasteiger partial charge in [0, 0.05) is 50.9 Å². The third-order valence-corrected chi connectivity index (χ3v) is 7.10. The van der Waals surface area contributed by atoms with Gasteiger partial charge in [-0.05, 0) is 42.2 Å². The van der Waals surface area contributed by atoms with Crippen molar-refractivity contribution in [3.8, 4) is 0 Å². The highest BCUT2D eigenvalue weighted by Gasteiger charge is 2.25. The Hall–Kier alpha value is -3.89. The van der Waals surface area contributed by atoms with E-state index >= 15 is 0 Å². The normalized spacial score (nSPS) is 16.4. The second-order valence-electron chi connectivity index (χ2n) is 10.1. The van der Waals surface area contributed by atoms with Gasteiger partial charge in [-0.15, -0.1) is 0 Å². The first-order valence-electron chi connectivity index (χ1n) is 13.7. The molecule has 2 amide bonds. The Kier molecular flexibility index (Phi) is 10.5. The molecule has 10 nitrogen and oxygen atoms in total. The molecular formula is C30H36N4O6. The number of hydrogen-bond acceptors (Lipinski definition) is 7. The minimum Gasteiger partial charge on any atom is -0.481 e. The highest BCUT2D eigenvalue weighted by atomic mass is 16.5. The standard InChI is InChI=1S/C30H36N4O6/c35-24(5-1-4-8-29(37)38)21-34(14-13-33-15-17-40-18-16-33)28(36)19-22-9-11-23(12-10-22)32-30(39)26-20-31-27-7-3-2-6-25(26)27/h2-3,6-7,9-12,20,26H,1,4-5,8,13-19,21H2,(H,32,39)(H,37,38). The van der Waals surface area contributed by atoms with Crippen LogP contribution in [-0.4, -0.2) is 90.6 Å². The molecule has 1 fully saturated rings. The summed E-state index contributed by atoms with van der Waals surface area (Å²) in [4.78, 5) is 57.6. The Morgan fingerprint density at radius 2 is 1.73 bits per heavy atom. The number of morpholine rings is 1. The van der Waals surface area contributed by atoms with Crippen LogP contribution in [0.4, 0.5) is 11.4 Å². The van der Waals surface area contributed by atoms with Gasteiger partial charge in [0.05, 0.1) is 31.9 Å².